The van der Waals surface area contributed by atoms with E-state index in [1.165, 1.54) is 19.2 Å². The third-order valence-electron chi connectivity index (χ3n) is 10.5. The average Bonchev–Trinajstić information content (AvgIpc) is 3.19. The molecule has 1 saturated heterocycles. The van der Waals surface area contributed by atoms with Crippen LogP contribution in [0.4, 0.5) is 21.9 Å². The van der Waals surface area contributed by atoms with Gasteiger partial charge in [0.1, 0.15) is 40.7 Å². The van der Waals surface area contributed by atoms with E-state index in [1.807, 2.05) is 62.1 Å². The van der Waals surface area contributed by atoms with Crippen molar-refractivity contribution in [2.45, 2.75) is 63.9 Å². The van der Waals surface area contributed by atoms with E-state index in [2.05, 4.69) is 41.9 Å². The summed E-state index contributed by atoms with van der Waals surface area (Å²) in [6, 6.07) is 19.9. The monoisotopic (exact) mass is 848 g/mol. The summed E-state index contributed by atoms with van der Waals surface area (Å²) in [5, 5.41) is 1.50. The van der Waals surface area contributed by atoms with Crippen LogP contribution in [0.2, 0.25) is 0 Å². The van der Waals surface area contributed by atoms with Gasteiger partial charge in [-0.1, -0.05) is 6.07 Å². The van der Waals surface area contributed by atoms with Gasteiger partial charge in [-0.25, -0.2) is 17.8 Å². The van der Waals surface area contributed by atoms with Crippen molar-refractivity contribution >= 4 is 54.3 Å². The highest BCUT2D eigenvalue weighted by molar-refractivity contribution is 7.92. The highest BCUT2D eigenvalue weighted by Crippen LogP contribution is 2.44. The zero-order valence-corrected chi connectivity index (χ0v) is 36.5. The van der Waals surface area contributed by atoms with Crippen LogP contribution in [0, 0.1) is 0 Å². The lowest BCUT2D eigenvalue weighted by molar-refractivity contribution is 0.0240. The molecule has 3 aromatic rings. The number of amides is 1. The summed E-state index contributed by atoms with van der Waals surface area (Å²) in [4.78, 5) is 17.5. The molecule has 1 amide bonds. The van der Waals surface area contributed by atoms with E-state index in [1.54, 1.807) is 23.1 Å². The van der Waals surface area contributed by atoms with Crippen LogP contribution in [0.3, 0.4) is 0 Å². The van der Waals surface area contributed by atoms with Crippen LogP contribution >= 0.6 is 0 Å². The molecule has 0 radical (unpaired) electrons. The first-order chi connectivity index (χ1) is 27.9. The fourth-order valence-electron chi connectivity index (χ4n) is 7.49. The first kappa shape index (κ1) is 43.3. The number of hydrogen-bond donors (Lipinski definition) is 2. The molecule has 16 heteroatoms. The minimum Gasteiger partial charge on any atom is -0.495 e. The van der Waals surface area contributed by atoms with Gasteiger partial charge in [-0.05, 0) is 97.0 Å². The summed E-state index contributed by atoms with van der Waals surface area (Å²) in [5.41, 5.74) is 2.75. The minimum atomic E-state index is -4.98. The Morgan fingerprint density at radius 3 is 2.15 bits per heavy atom. The molecule has 0 unspecified atom stereocenters. The van der Waals surface area contributed by atoms with Gasteiger partial charge < -0.3 is 28.6 Å². The Labute approximate surface area is 346 Å². The predicted molar refractivity (Wildman–Crippen MR) is 232 cm³/mol. The summed E-state index contributed by atoms with van der Waals surface area (Å²) in [7, 11) is -7.88. The molecule has 316 valence electrons. The molecule has 1 aliphatic carbocycles. The van der Waals surface area contributed by atoms with Crippen molar-refractivity contribution in [3.05, 3.63) is 78.2 Å². The highest BCUT2D eigenvalue weighted by atomic mass is 32.2. The van der Waals surface area contributed by atoms with Crippen LogP contribution in [0.25, 0.3) is 33.4 Å². The topological polar surface area (TPSA) is 162 Å². The van der Waals surface area contributed by atoms with Crippen molar-refractivity contribution in [1.29, 1.82) is 0 Å². The summed E-state index contributed by atoms with van der Waals surface area (Å²) < 4.78 is 87.7. The molecular weight excluding hydrogens is 795 g/mol. The predicted octanol–water partition coefficient (Wildman–Crippen LogP) is 6.98. The molecule has 0 saturated carbocycles. The fourth-order valence-corrected chi connectivity index (χ4v) is 9.36. The van der Waals surface area contributed by atoms with Gasteiger partial charge in [-0.2, -0.15) is 8.42 Å². The maximum Gasteiger partial charge on any atom is 0.410 e. The number of carbonyl (C=O) groups excluding carboxylic acids is 1. The average molecular weight is 849 g/mol. The zero-order valence-electron chi connectivity index (χ0n) is 34.9. The number of rotatable bonds is 12. The summed E-state index contributed by atoms with van der Waals surface area (Å²) >= 11 is 0. The first-order valence-corrected chi connectivity index (χ1v) is 22.7. The molecule has 2 heterocycles. The Morgan fingerprint density at radius 1 is 0.864 bits per heavy atom. The molecule has 0 spiro atoms. The number of fused-ring (bicyclic) bond motifs is 2. The molecule has 0 atom stereocenters. The minimum absolute atomic E-state index is 0.112. The molecule has 59 heavy (non-hydrogen) atoms. The standard InChI is InChI=1S/C43H53N5O9S2/c1-9-45(10-2)30-14-17-33-38(26-30)56-39-27-31(46(11-3)12-4)15-18-34(39)41(33)35-19-16-32(28-40(35)59(52,53)54)58(50,51)44-29-13-20-37(55-8)36(25-29)47-21-23-48(24-22-47)42(49)57-43(5,6)7/h13-20,25-28,44H,9-12,21-24H2,1-8H3/p+1. The number of ether oxygens (including phenoxy) is 2. The Morgan fingerprint density at radius 2 is 1.54 bits per heavy atom. The largest absolute Gasteiger partial charge is 0.495 e. The molecule has 3 aromatic carbocycles. The van der Waals surface area contributed by atoms with Crippen molar-refractivity contribution in [1.82, 2.24) is 9.48 Å². The quantitative estimate of drug-likeness (QED) is 0.0758. The Balaban J connectivity index is 1.41. The van der Waals surface area contributed by atoms with Crippen LogP contribution in [-0.4, -0.2) is 97.5 Å². The Bertz CT molecular complexity index is 2620. The number of nitrogens with zero attached hydrogens (tertiary/aromatic N) is 4. The van der Waals surface area contributed by atoms with Crippen molar-refractivity contribution in [3.8, 4) is 28.2 Å². The molecule has 0 bridgehead atoms. The van der Waals surface area contributed by atoms with Gasteiger partial charge in [-0.15, -0.1) is 0 Å². The molecule has 1 fully saturated rings. The van der Waals surface area contributed by atoms with Crippen molar-refractivity contribution in [3.63, 3.8) is 0 Å². The fraction of sp³-hybridized carbons (Fsp3) is 0.395. The molecule has 14 nitrogen and oxygen atoms in total. The highest BCUT2D eigenvalue weighted by Gasteiger charge is 2.30. The van der Waals surface area contributed by atoms with Crippen molar-refractivity contribution < 1.29 is 40.1 Å². The van der Waals surface area contributed by atoms with Gasteiger partial charge in [0.25, 0.3) is 20.1 Å². The van der Waals surface area contributed by atoms with E-state index in [4.69, 9.17) is 13.9 Å². The van der Waals surface area contributed by atoms with E-state index >= 15 is 0 Å². The second-order valence-corrected chi connectivity index (χ2v) is 18.3. The lowest BCUT2D eigenvalue weighted by atomic mass is 9.93. The number of piperazine rings is 1. The number of methoxy groups -OCH3 is 1. The smallest absolute Gasteiger partial charge is 0.410 e. The van der Waals surface area contributed by atoms with E-state index < -0.39 is 36.7 Å². The van der Waals surface area contributed by atoms with Crippen molar-refractivity contribution in [2.24, 2.45) is 0 Å². The van der Waals surface area contributed by atoms with Crippen molar-refractivity contribution in [2.75, 3.05) is 74.0 Å². The third-order valence-corrected chi connectivity index (χ3v) is 12.7. The molecule has 2 N–H and O–H groups in total. The van der Waals surface area contributed by atoms with Crippen LogP contribution in [0.1, 0.15) is 48.5 Å². The normalized spacial score (nSPS) is 13.8. The van der Waals surface area contributed by atoms with E-state index in [0.29, 0.717) is 65.5 Å². The second kappa shape index (κ2) is 17.1. The lowest BCUT2D eigenvalue weighted by Crippen LogP contribution is -2.50. The summed E-state index contributed by atoms with van der Waals surface area (Å²) in [6.45, 7) is 18.3. The Hall–Kier alpha value is -5.32. The van der Waals surface area contributed by atoms with Gasteiger partial charge in [0, 0.05) is 79.2 Å². The van der Waals surface area contributed by atoms with Crippen LogP contribution in [-0.2, 0) is 24.9 Å². The van der Waals surface area contributed by atoms with Crippen LogP contribution in [0.5, 0.6) is 5.75 Å². The molecule has 6 rings (SSSR count). The van der Waals surface area contributed by atoms with E-state index in [-0.39, 0.29) is 16.1 Å². The summed E-state index contributed by atoms with van der Waals surface area (Å²) in [6.07, 6.45) is -0.404. The van der Waals surface area contributed by atoms with Crippen LogP contribution < -0.4 is 29.2 Å². The molecule has 0 aromatic heterocycles. The summed E-state index contributed by atoms with van der Waals surface area (Å²) in [5.74, 6) is 0.994. The number of anilines is 3. The second-order valence-electron chi connectivity index (χ2n) is 15.3. The van der Waals surface area contributed by atoms with E-state index in [0.717, 1.165) is 43.3 Å². The van der Waals surface area contributed by atoms with Gasteiger partial charge in [0.15, 0.2) is 0 Å². The number of benzene rings is 4. The first-order valence-electron chi connectivity index (χ1n) is 19.8. The number of sulfonamides is 1. The van der Waals surface area contributed by atoms with Gasteiger partial charge in [0.2, 0.25) is 5.36 Å². The molecule has 3 aliphatic rings. The number of nitrogens with one attached hydrogen (secondary N) is 1. The Kier molecular flexibility index (Phi) is 12.5. The zero-order chi connectivity index (χ0) is 42.9. The maximum atomic E-state index is 14.0. The lowest BCUT2D eigenvalue weighted by Gasteiger charge is -2.37. The van der Waals surface area contributed by atoms with Crippen LogP contribution in [0.15, 0.2) is 87.0 Å². The third kappa shape index (κ3) is 9.29. The SMILES string of the molecule is CCN(CC)c1ccc2c(-c3ccc(S(=O)(=O)Nc4ccc(OC)c(N5CCN(C(=O)OC(C)(C)C)CC5)c4)cc3S(=O)(=O)O)c3ccc(=[N+](CC)CC)cc-3oc2c1. The molecule has 2 aliphatic heterocycles. The molecular formula is C43H54N5O9S2+. The maximum absolute atomic E-state index is 14.0. The van der Waals surface area contributed by atoms with Gasteiger partial charge in [-0.3, -0.25) is 9.27 Å². The number of carbonyl (C=O) groups is 1. The number of hydrogen-bond acceptors (Lipinski definition) is 10. The van der Waals surface area contributed by atoms with Gasteiger partial charge >= 0.3 is 6.09 Å². The van der Waals surface area contributed by atoms with Gasteiger partial charge in [0.05, 0.1) is 29.4 Å². The van der Waals surface area contributed by atoms with E-state index in [9.17, 15) is 26.2 Å².